The molecule has 20 heavy (non-hydrogen) atoms. The number of benzene rings is 1. The van der Waals surface area contributed by atoms with Gasteiger partial charge in [0.2, 0.25) is 5.91 Å². The second-order valence-electron chi connectivity index (χ2n) is 4.86. The Morgan fingerprint density at radius 3 is 2.40 bits per heavy atom. The van der Waals surface area contributed by atoms with E-state index in [4.69, 9.17) is 0 Å². The van der Waals surface area contributed by atoms with Crippen molar-refractivity contribution in [1.82, 2.24) is 10.2 Å². The monoisotopic (exact) mass is 278 g/mol. The van der Waals surface area contributed by atoms with E-state index in [9.17, 15) is 9.59 Å². The van der Waals surface area contributed by atoms with Crippen molar-refractivity contribution in [3.8, 4) is 0 Å². The van der Waals surface area contributed by atoms with E-state index >= 15 is 0 Å². The van der Waals surface area contributed by atoms with Crippen LogP contribution in [0.2, 0.25) is 0 Å². The van der Waals surface area contributed by atoms with E-state index in [2.05, 4.69) is 10.1 Å². The number of amides is 1. The van der Waals surface area contributed by atoms with Gasteiger partial charge in [-0.2, -0.15) is 0 Å². The zero-order valence-corrected chi connectivity index (χ0v) is 12.5. The number of methoxy groups -OCH3 is 1. The molecule has 0 aromatic heterocycles. The predicted octanol–water partition coefficient (Wildman–Crippen LogP) is 0.968. The van der Waals surface area contributed by atoms with Gasteiger partial charge in [0.05, 0.1) is 19.6 Å². The molecule has 0 saturated carbocycles. The highest BCUT2D eigenvalue weighted by Crippen LogP contribution is 2.10. The summed E-state index contributed by atoms with van der Waals surface area (Å²) in [4.78, 5) is 24.7. The van der Waals surface area contributed by atoms with Crippen molar-refractivity contribution in [2.24, 2.45) is 0 Å². The first kappa shape index (κ1) is 16.2. The van der Waals surface area contributed by atoms with Crippen LogP contribution in [0.15, 0.2) is 24.3 Å². The van der Waals surface area contributed by atoms with Crippen molar-refractivity contribution in [3.63, 3.8) is 0 Å². The molecule has 110 valence electrons. The molecule has 5 nitrogen and oxygen atoms in total. The zero-order chi connectivity index (χ0) is 15.1. The van der Waals surface area contributed by atoms with E-state index in [1.165, 1.54) is 7.11 Å². The topological polar surface area (TPSA) is 58.6 Å². The van der Waals surface area contributed by atoms with Gasteiger partial charge in [0.25, 0.3) is 0 Å². The lowest BCUT2D eigenvalue weighted by atomic mass is 10.0. The highest BCUT2D eigenvalue weighted by Gasteiger charge is 2.15. The molecule has 0 aliphatic rings. The van der Waals surface area contributed by atoms with Crippen LogP contribution in [0.4, 0.5) is 0 Å². The van der Waals surface area contributed by atoms with Gasteiger partial charge in [0.1, 0.15) is 0 Å². The SMILES string of the molecule is COC(=O)Cc1ccccc1CNC(C)C(=O)N(C)C. The molecule has 1 unspecified atom stereocenters. The van der Waals surface area contributed by atoms with E-state index in [0.29, 0.717) is 6.54 Å². The smallest absolute Gasteiger partial charge is 0.309 e. The van der Waals surface area contributed by atoms with Crippen LogP contribution < -0.4 is 5.32 Å². The number of hydrogen-bond acceptors (Lipinski definition) is 4. The summed E-state index contributed by atoms with van der Waals surface area (Å²) in [7, 11) is 4.83. The Labute approximate surface area is 119 Å². The molecule has 0 saturated heterocycles. The van der Waals surface area contributed by atoms with Gasteiger partial charge in [-0.15, -0.1) is 0 Å². The maximum absolute atomic E-state index is 11.8. The van der Waals surface area contributed by atoms with Crippen LogP contribution in [-0.2, 0) is 27.3 Å². The zero-order valence-electron chi connectivity index (χ0n) is 12.5. The molecule has 1 atom stereocenters. The molecule has 0 radical (unpaired) electrons. The first-order valence-corrected chi connectivity index (χ1v) is 6.53. The molecule has 0 fully saturated rings. The van der Waals surface area contributed by atoms with Gasteiger partial charge in [-0.3, -0.25) is 9.59 Å². The van der Waals surface area contributed by atoms with Crippen molar-refractivity contribution in [1.29, 1.82) is 0 Å². The molecular weight excluding hydrogens is 256 g/mol. The van der Waals surface area contributed by atoms with Crippen molar-refractivity contribution in [2.45, 2.75) is 25.9 Å². The third-order valence-corrected chi connectivity index (χ3v) is 3.09. The Balaban J connectivity index is 2.68. The average molecular weight is 278 g/mol. The number of nitrogens with one attached hydrogen (secondary N) is 1. The van der Waals surface area contributed by atoms with Crippen LogP contribution in [0, 0.1) is 0 Å². The highest BCUT2D eigenvalue weighted by atomic mass is 16.5. The summed E-state index contributed by atoms with van der Waals surface area (Å²) in [5.41, 5.74) is 1.91. The maximum Gasteiger partial charge on any atom is 0.309 e. The minimum atomic E-state index is -0.269. The summed E-state index contributed by atoms with van der Waals surface area (Å²) in [6.45, 7) is 2.36. The van der Waals surface area contributed by atoms with Crippen molar-refractivity contribution < 1.29 is 14.3 Å². The van der Waals surface area contributed by atoms with E-state index in [1.54, 1.807) is 19.0 Å². The average Bonchev–Trinajstić information content (AvgIpc) is 2.44. The standard InChI is InChI=1S/C15H22N2O3/c1-11(15(19)17(2)3)16-10-13-8-6-5-7-12(13)9-14(18)20-4/h5-8,11,16H,9-10H2,1-4H3. The van der Waals surface area contributed by atoms with Crippen LogP contribution in [0.3, 0.4) is 0 Å². The summed E-state index contributed by atoms with van der Waals surface area (Å²) in [6, 6.07) is 7.37. The van der Waals surface area contributed by atoms with Crippen molar-refractivity contribution in [3.05, 3.63) is 35.4 Å². The minimum absolute atomic E-state index is 0.0236. The number of hydrogen-bond donors (Lipinski definition) is 1. The quantitative estimate of drug-likeness (QED) is 0.788. The Bertz CT molecular complexity index is 472. The number of rotatable bonds is 6. The summed E-state index contributed by atoms with van der Waals surface area (Å²) in [5.74, 6) is -0.245. The Hall–Kier alpha value is -1.88. The lowest BCUT2D eigenvalue weighted by Crippen LogP contribution is -2.41. The molecule has 0 bridgehead atoms. The largest absolute Gasteiger partial charge is 0.469 e. The fraction of sp³-hybridized carbons (Fsp3) is 0.467. The van der Waals surface area contributed by atoms with E-state index in [0.717, 1.165) is 11.1 Å². The molecule has 0 spiro atoms. The second-order valence-corrected chi connectivity index (χ2v) is 4.86. The molecule has 0 aliphatic carbocycles. The number of ether oxygens (including phenoxy) is 1. The van der Waals surface area contributed by atoms with Gasteiger partial charge >= 0.3 is 5.97 Å². The summed E-state index contributed by atoms with van der Waals surface area (Å²) >= 11 is 0. The van der Waals surface area contributed by atoms with Crippen molar-refractivity contribution >= 4 is 11.9 Å². The second kappa shape index (κ2) is 7.65. The Morgan fingerprint density at radius 1 is 1.25 bits per heavy atom. The summed E-state index contributed by atoms with van der Waals surface area (Å²) in [6.07, 6.45) is 0.240. The number of carbonyl (C=O) groups is 2. The Morgan fingerprint density at radius 2 is 1.85 bits per heavy atom. The van der Waals surface area contributed by atoms with Crippen LogP contribution in [0.1, 0.15) is 18.1 Å². The van der Waals surface area contributed by atoms with Crippen LogP contribution in [0.25, 0.3) is 0 Å². The number of carbonyl (C=O) groups excluding carboxylic acids is 2. The van der Waals surface area contributed by atoms with Crippen molar-refractivity contribution in [2.75, 3.05) is 21.2 Å². The van der Waals surface area contributed by atoms with E-state index < -0.39 is 0 Å². The van der Waals surface area contributed by atoms with Crippen LogP contribution in [-0.4, -0.2) is 44.0 Å². The third kappa shape index (κ3) is 4.66. The van der Waals surface area contributed by atoms with Crippen LogP contribution >= 0.6 is 0 Å². The number of esters is 1. The lowest BCUT2D eigenvalue weighted by molar-refractivity contribution is -0.139. The van der Waals surface area contributed by atoms with Gasteiger partial charge < -0.3 is 15.0 Å². The highest BCUT2D eigenvalue weighted by molar-refractivity contribution is 5.80. The fourth-order valence-electron chi connectivity index (χ4n) is 1.87. The molecule has 1 amide bonds. The maximum atomic E-state index is 11.8. The van der Waals surface area contributed by atoms with Gasteiger partial charge in [0, 0.05) is 20.6 Å². The lowest BCUT2D eigenvalue weighted by Gasteiger charge is -2.18. The molecular formula is C15H22N2O3. The normalized spacial score (nSPS) is 11.8. The van der Waals surface area contributed by atoms with E-state index in [-0.39, 0.29) is 24.3 Å². The van der Waals surface area contributed by atoms with Gasteiger partial charge in [0.15, 0.2) is 0 Å². The first-order chi connectivity index (χ1) is 9.45. The molecule has 0 heterocycles. The molecule has 0 aliphatic heterocycles. The summed E-state index contributed by atoms with van der Waals surface area (Å²) in [5, 5.41) is 3.17. The number of nitrogens with zero attached hydrogens (tertiary/aromatic N) is 1. The van der Waals surface area contributed by atoms with Crippen LogP contribution in [0.5, 0.6) is 0 Å². The number of likely N-dealkylation sites (N-methyl/N-ethyl adjacent to an activating group) is 1. The minimum Gasteiger partial charge on any atom is -0.469 e. The van der Waals surface area contributed by atoms with Gasteiger partial charge in [-0.1, -0.05) is 24.3 Å². The molecule has 5 heteroatoms. The van der Waals surface area contributed by atoms with Gasteiger partial charge in [-0.25, -0.2) is 0 Å². The molecule has 1 aromatic rings. The first-order valence-electron chi connectivity index (χ1n) is 6.53. The molecule has 1 N–H and O–H groups in total. The van der Waals surface area contributed by atoms with Gasteiger partial charge in [-0.05, 0) is 18.1 Å². The fourth-order valence-corrected chi connectivity index (χ4v) is 1.87. The Kier molecular flexibility index (Phi) is 6.18. The molecule has 1 rings (SSSR count). The third-order valence-electron chi connectivity index (χ3n) is 3.09. The van der Waals surface area contributed by atoms with E-state index in [1.807, 2.05) is 31.2 Å². The predicted molar refractivity (Wildman–Crippen MR) is 77.2 cm³/mol. The summed E-state index contributed by atoms with van der Waals surface area (Å²) < 4.78 is 4.68. The molecule has 1 aromatic carbocycles.